The first-order valence-electron chi connectivity index (χ1n) is 10.8. The summed E-state index contributed by atoms with van der Waals surface area (Å²) in [5.41, 5.74) is 8.79. The fourth-order valence-corrected chi connectivity index (χ4v) is 3.93. The van der Waals surface area contributed by atoms with Crippen molar-refractivity contribution in [3.63, 3.8) is 0 Å². The minimum atomic E-state index is -1.29. The third-order valence-electron chi connectivity index (χ3n) is 5.42. The minimum absolute atomic E-state index is 0.0689. The Labute approximate surface area is 198 Å². The molecule has 3 aromatic rings. The number of aliphatic imine (C=N–C) groups is 1. The summed E-state index contributed by atoms with van der Waals surface area (Å²) in [5.74, 6) is -1.04. The molecule has 10 heteroatoms. The molecule has 0 spiro atoms. The third-order valence-corrected chi connectivity index (χ3v) is 6.41. The second-order valence-electron chi connectivity index (χ2n) is 8.04. The number of hydrogen-bond acceptors (Lipinski definition) is 5. The Morgan fingerprint density at radius 1 is 1.18 bits per heavy atom. The molecule has 1 aliphatic carbocycles. The van der Waals surface area contributed by atoms with E-state index in [1.807, 2.05) is 0 Å². The summed E-state index contributed by atoms with van der Waals surface area (Å²) in [7, 11) is 0.319. The van der Waals surface area contributed by atoms with E-state index in [1.54, 1.807) is 38.4 Å². The molecule has 7 nitrogen and oxygen atoms in total. The van der Waals surface area contributed by atoms with Gasteiger partial charge in [-0.2, -0.15) is 0 Å². The van der Waals surface area contributed by atoms with Gasteiger partial charge in [-0.1, -0.05) is 6.92 Å². The van der Waals surface area contributed by atoms with Crippen LogP contribution in [-0.4, -0.2) is 26.8 Å². The molecule has 1 saturated carbocycles. The van der Waals surface area contributed by atoms with E-state index in [4.69, 9.17) is 5.73 Å². The molecule has 2 aromatic carbocycles. The number of rotatable bonds is 8. The maximum Gasteiger partial charge on any atom is 0.261 e. The van der Waals surface area contributed by atoms with Gasteiger partial charge in [0.1, 0.15) is 22.6 Å². The fourth-order valence-electron chi connectivity index (χ4n) is 3.39. The standard InChI is InChI=1S/C24H25F2N5O2S/c1-3-34(33)30-16-7-9-21(29-22-8-4-14(25)10-20(22)26)17(11-16)19-13-31(2)24(32)18(23(19)27)12-28-15-5-6-15/h4,7-13,15,29-30H,3,5-6,27H2,1-2H3. The monoisotopic (exact) mass is 485 g/mol. The summed E-state index contributed by atoms with van der Waals surface area (Å²) < 4.78 is 44.1. The topological polar surface area (TPSA) is 102 Å². The van der Waals surface area contributed by atoms with Crippen LogP contribution in [0.1, 0.15) is 25.3 Å². The summed E-state index contributed by atoms with van der Waals surface area (Å²) in [4.78, 5) is 17.2. The number of hydrogen-bond donors (Lipinski definition) is 3. The summed E-state index contributed by atoms with van der Waals surface area (Å²) >= 11 is 0. The number of nitrogens with zero attached hydrogens (tertiary/aromatic N) is 2. The van der Waals surface area contributed by atoms with Crippen molar-refractivity contribution in [2.24, 2.45) is 12.0 Å². The van der Waals surface area contributed by atoms with Crippen molar-refractivity contribution in [2.45, 2.75) is 25.8 Å². The smallest absolute Gasteiger partial charge is 0.261 e. The van der Waals surface area contributed by atoms with Crippen LogP contribution < -0.4 is 21.3 Å². The van der Waals surface area contributed by atoms with Crippen molar-refractivity contribution >= 4 is 39.9 Å². The molecule has 0 aliphatic heterocycles. The Bertz CT molecular complexity index is 1350. The molecule has 1 unspecified atom stereocenters. The molecule has 0 saturated heterocycles. The summed E-state index contributed by atoms with van der Waals surface area (Å²) in [6.45, 7) is 1.79. The van der Waals surface area contributed by atoms with Gasteiger partial charge in [-0.05, 0) is 43.2 Å². The number of nitrogens with one attached hydrogen (secondary N) is 2. The highest BCUT2D eigenvalue weighted by atomic mass is 32.2. The first-order chi connectivity index (χ1) is 16.3. The van der Waals surface area contributed by atoms with E-state index in [0.717, 1.165) is 25.0 Å². The van der Waals surface area contributed by atoms with E-state index in [2.05, 4.69) is 15.0 Å². The number of nitrogen functional groups attached to an aromatic ring is 1. The molecular weight excluding hydrogens is 460 g/mol. The molecule has 0 radical (unpaired) electrons. The van der Waals surface area contributed by atoms with Gasteiger partial charge < -0.3 is 20.3 Å². The second kappa shape index (κ2) is 9.76. The first kappa shape index (κ1) is 23.6. The van der Waals surface area contributed by atoms with Crippen molar-refractivity contribution in [3.05, 3.63) is 70.1 Å². The van der Waals surface area contributed by atoms with Gasteiger partial charge in [0.25, 0.3) is 5.56 Å². The normalized spacial score (nSPS) is 14.4. The maximum atomic E-state index is 14.4. The molecule has 34 heavy (non-hydrogen) atoms. The third kappa shape index (κ3) is 5.17. The molecule has 4 rings (SSSR count). The largest absolute Gasteiger partial charge is 0.397 e. The van der Waals surface area contributed by atoms with Crippen molar-refractivity contribution in [2.75, 3.05) is 21.5 Å². The Morgan fingerprint density at radius 2 is 1.91 bits per heavy atom. The van der Waals surface area contributed by atoms with E-state index >= 15 is 0 Å². The van der Waals surface area contributed by atoms with Crippen molar-refractivity contribution in [1.82, 2.24) is 4.57 Å². The van der Waals surface area contributed by atoms with Crippen molar-refractivity contribution in [3.8, 4) is 11.1 Å². The van der Waals surface area contributed by atoms with Gasteiger partial charge in [-0.3, -0.25) is 9.79 Å². The maximum absolute atomic E-state index is 14.4. The van der Waals surface area contributed by atoms with Crippen LogP contribution in [0, 0.1) is 11.6 Å². The lowest BCUT2D eigenvalue weighted by molar-refractivity contribution is 0.586. The molecule has 178 valence electrons. The quantitative estimate of drug-likeness (QED) is 0.413. The zero-order chi connectivity index (χ0) is 24.4. The van der Waals surface area contributed by atoms with Gasteiger partial charge >= 0.3 is 0 Å². The lowest BCUT2D eigenvalue weighted by Crippen LogP contribution is -2.23. The van der Waals surface area contributed by atoms with E-state index < -0.39 is 22.6 Å². The van der Waals surface area contributed by atoms with Gasteiger partial charge in [0, 0.05) is 53.8 Å². The van der Waals surface area contributed by atoms with Gasteiger partial charge in [-0.25, -0.2) is 13.0 Å². The zero-order valence-corrected chi connectivity index (χ0v) is 19.6. The van der Waals surface area contributed by atoms with Gasteiger partial charge in [0.05, 0.1) is 23.0 Å². The van der Waals surface area contributed by atoms with E-state index in [0.29, 0.717) is 28.3 Å². The first-order valence-corrected chi connectivity index (χ1v) is 12.1. The molecule has 0 bridgehead atoms. The number of nitrogens with two attached hydrogens (primary N) is 1. The van der Waals surface area contributed by atoms with Crippen LogP contribution in [0.4, 0.5) is 31.5 Å². The highest BCUT2D eigenvalue weighted by molar-refractivity contribution is 7.86. The average Bonchev–Trinajstić information content (AvgIpc) is 3.63. The van der Waals surface area contributed by atoms with Crippen LogP contribution in [0.3, 0.4) is 0 Å². The fraction of sp³-hybridized carbons (Fsp3) is 0.250. The Morgan fingerprint density at radius 3 is 2.59 bits per heavy atom. The van der Waals surface area contributed by atoms with Crippen LogP contribution >= 0.6 is 0 Å². The minimum Gasteiger partial charge on any atom is -0.397 e. The molecule has 1 heterocycles. The van der Waals surface area contributed by atoms with Gasteiger partial charge in [0.2, 0.25) is 0 Å². The predicted octanol–water partition coefficient (Wildman–Crippen LogP) is 4.33. The Kier molecular flexibility index (Phi) is 6.78. The molecule has 1 fully saturated rings. The number of aromatic nitrogens is 1. The summed E-state index contributed by atoms with van der Waals surface area (Å²) in [6.07, 6.45) is 5.07. The SMILES string of the molecule is CCS(=O)Nc1ccc(Nc2ccc(F)cc2F)c(-c2cn(C)c(=O)c(C=NC3CC3)c2N)c1. The highest BCUT2D eigenvalue weighted by Gasteiger charge is 2.21. The van der Waals surface area contributed by atoms with Crippen LogP contribution in [0.2, 0.25) is 0 Å². The van der Waals surface area contributed by atoms with Crippen molar-refractivity contribution < 1.29 is 13.0 Å². The summed E-state index contributed by atoms with van der Waals surface area (Å²) in [5, 5.41) is 2.98. The number of pyridine rings is 1. The highest BCUT2D eigenvalue weighted by Crippen LogP contribution is 2.37. The molecule has 4 N–H and O–H groups in total. The average molecular weight is 486 g/mol. The van der Waals surface area contributed by atoms with Crippen LogP contribution in [0.15, 0.2) is 52.4 Å². The summed E-state index contributed by atoms with van der Waals surface area (Å²) in [6, 6.07) is 8.53. The molecule has 0 amide bonds. The Balaban J connectivity index is 1.86. The lowest BCUT2D eigenvalue weighted by atomic mass is 10.00. The predicted molar refractivity (Wildman–Crippen MR) is 134 cm³/mol. The zero-order valence-electron chi connectivity index (χ0n) is 18.8. The number of halogens is 2. The van der Waals surface area contributed by atoms with Gasteiger partial charge in [0.15, 0.2) is 0 Å². The second-order valence-corrected chi connectivity index (χ2v) is 9.51. The lowest BCUT2D eigenvalue weighted by Gasteiger charge is -2.18. The molecule has 1 atom stereocenters. The van der Waals surface area contributed by atoms with Gasteiger partial charge in [-0.15, -0.1) is 0 Å². The molecule has 1 aromatic heterocycles. The number of anilines is 4. The van der Waals surface area contributed by atoms with Crippen LogP contribution in [-0.2, 0) is 18.0 Å². The van der Waals surface area contributed by atoms with E-state index in [9.17, 15) is 17.8 Å². The number of benzene rings is 2. The Hall–Kier alpha value is -3.53. The van der Waals surface area contributed by atoms with Crippen LogP contribution in [0.5, 0.6) is 0 Å². The molecular formula is C24H25F2N5O2S. The van der Waals surface area contributed by atoms with Crippen molar-refractivity contribution in [1.29, 1.82) is 0 Å². The van der Waals surface area contributed by atoms with E-state index in [-0.39, 0.29) is 28.5 Å². The number of aryl methyl sites for hydroxylation is 1. The van der Waals surface area contributed by atoms with E-state index in [1.165, 1.54) is 16.8 Å². The van der Waals surface area contributed by atoms with Crippen LogP contribution in [0.25, 0.3) is 11.1 Å². The molecule has 1 aliphatic rings.